The van der Waals surface area contributed by atoms with Gasteiger partial charge in [-0.15, -0.1) is 0 Å². The van der Waals surface area contributed by atoms with Crippen molar-refractivity contribution in [2.45, 2.75) is 19.3 Å². The van der Waals surface area contributed by atoms with Crippen molar-refractivity contribution in [1.29, 1.82) is 0 Å². The normalized spacial score (nSPS) is 13.9. The van der Waals surface area contributed by atoms with Crippen LogP contribution in [0, 0.1) is 0 Å². The fourth-order valence-corrected chi connectivity index (χ4v) is 9.94. The highest BCUT2D eigenvalue weighted by Crippen LogP contribution is 2.53. The Morgan fingerprint density at radius 1 is 0.447 bits per heavy atom. The lowest BCUT2D eigenvalue weighted by molar-refractivity contribution is 0.360. The Morgan fingerprint density at radius 3 is 1.57 bits per heavy atom. The van der Waals surface area contributed by atoms with Crippen LogP contribution in [-0.4, -0.2) is 0 Å². The maximum atomic E-state index is 15.2. The van der Waals surface area contributed by atoms with Gasteiger partial charge in [0, 0.05) is 21.3 Å². The Labute approximate surface area is 274 Å². The fourth-order valence-electron chi connectivity index (χ4n) is 7.27. The molecular formula is C43H31O3P. The van der Waals surface area contributed by atoms with E-state index in [9.17, 15) is 0 Å². The molecule has 1 aliphatic heterocycles. The molecule has 0 N–H and O–H groups in total. The van der Waals surface area contributed by atoms with Crippen LogP contribution in [0.2, 0.25) is 0 Å². The molecule has 4 heteroatoms. The number of ether oxygens (including phenoxy) is 2. The van der Waals surface area contributed by atoms with Gasteiger partial charge in [0.15, 0.2) is 30.1 Å². The van der Waals surface area contributed by atoms with Gasteiger partial charge in [0.1, 0.15) is 0 Å². The maximum Gasteiger partial charge on any atom is 0.171 e. The largest absolute Gasteiger partial charge is 0.449 e. The molecule has 1 heterocycles. The summed E-state index contributed by atoms with van der Waals surface area (Å²) in [5.74, 6) is 2.86. The first-order chi connectivity index (χ1) is 22.9. The van der Waals surface area contributed by atoms with Crippen LogP contribution in [0.5, 0.6) is 23.0 Å². The predicted octanol–water partition coefficient (Wildman–Crippen LogP) is 10.4. The zero-order valence-corrected chi connectivity index (χ0v) is 27.0. The van der Waals surface area contributed by atoms with Gasteiger partial charge < -0.3 is 14.0 Å². The van der Waals surface area contributed by atoms with Crippen molar-refractivity contribution >= 4 is 33.8 Å². The SMILES string of the molecule is CC1(C)c2cc(-c3ccc4c(c3)Oc3cc5ccccc5cc3O4)ccc2-c2ccc(P(=O)(c3ccccc3)c3ccccc3)cc21. The van der Waals surface area contributed by atoms with E-state index in [1.165, 1.54) is 22.3 Å². The van der Waals surface area contributed by atoms with Gasteiger partial charge in [-0.2, -0.15) is 0 Å². The Balaban J connectivity index is 1.09. The van der Waals surface area contributed by atoms with Gasteiger partial charge in [-0.3, -0.25) is 0 Å². The van der Waals surface area contributed by atoms with Crippen LogP contribution in [0.4, 0.5) is 0 Å². The molecule has 2 aliphatic rings. The van der Waals surface area contributed by atoms with Crippen molar-refractivity contribution in [2.75, 3.05) is 0 Å². The molecule has 0 radical (unpaired) electrons. The molecule has 226 valence electrons. The minimum absolute atomic E-state index is 0.289. The molecule has 3 nitrogen and oxygen atoms in total. The molecule has 47 heavy (non-hydrogen) atoms. The van der Waals surface area contributed by atoms with Crippen molar-refractivity contribution in [1.82, 2.24) is 0 Å². The van der Waals surface area contributed by atoms with E-state index < -0.39 is 7.14 Å². The molecule has 0 unspecified atom stereocenters. The summed E-state index contributed by atoms with van der Waals surface area (Å²) in [5, 5.41) is 4.77. The summed E-state index contributed by atoms with van der Waals surface area (Å²) >= 11 is 0. The zero-order chi connectivity index (χ0) is 31.8. The van der Waals surface area contributed by atoms with Crippen LogP contribution in [0.25, 0.3) is 33.0 Å². The Kier molecular flexibility index (Phi) is 6.13. The quantitative estimate of drug-likeness (QED) is 0.182. The first-order valence-corrected chi connectivity index (χ1v) is 17.6. The molecule has 9 rings (SSSR count). The summed E-state index contributed by atoms with van der Waals surface area (Å²) in [6, 6.07) is 51.4. The number of benzene rings is 7. The second-order valence-electron chi connectivity index (χ2n) is 12.9. The molecule has 1 aliphatic carbocycles. The van der Waals surface area contributed by atoms with Crippen LogP contribution in [0.3, 0.4) is 0 Å². The van der Waals surface area contributed by atoms with E-state index in [1.54, 1.807) is 0 Å². The van der Waals surface area contributed by atoms with Crippen LogP contribution in [0.1, 0.15) is 25.0 Å². The van der Waals surface area contributed by atoms with Crippen molar-refractivity contribution in [3.8, 4) is 45.3 Å². The lowest BCUT2D eigenvalue weighted by atomic mass is 9.81. The minimum atomic E-state index is -3.09. The monoisotopic (exact) mass is 626 g/mol. The average molecular weight is 627 g/mol. The van der Waals surface area contributed by atoms with Crippen molar-refractivity contribution < 1.29 is 14.0 Å². The van der Waals surface area contributed by atoms with E-state index in [4.69, 9.17) is 9.47 Å². The zero-order valence-electron chi connectivity index (χ0n) is 26.1. The lowest BCUT2D eigenvalue weighted by Gasteiger charge is -2.25. The fraction of sp³-hybridized carbons (Fsp3) is 0.0698. The highest BCUT2D eigenvalue weighted by atomic mass is 31.2. The maximum absolute atomic E-state index is 15.2. The van der Waals surface area contributed by atoms with Gasteiger partial charge >= 0.3 is 0 Å². The molecule has 0 saturated heterocycles. The highest BCUT2D eigenvalue weighted by Gasteiger charge is 2.38. The summed E-state index contributed by atoms with van der Waals surface area (Å²) in [6.45, 7) is 4.54. The van der Waals surface area contributed by atoms with Crippen molar-refractivity contribution in [3.63, 3.8) is 0 Å². The summed E-state index contributed by atoms with van der Waals surface area (Å²) < 4.78 is 27.9. The second-order valence-corrected chi connectivity index (χ2v) is 15.7. The molecule has 7 aromatic rings. The Morgan fingerprint density at radius 2 is 0.936 bits per heavy atom. The summed E-state index contributed by atoms with van der Waals surface area (Å²) in [6.07, 6.45) is 0. The van der Waals surface area contributed by atoms with Gasteiger partial charge in [0.2, 0.25) is 0 Å². The first-order valence-electron chi connectivity index (χ1n) is 15.9. The van der Waals surface area contributed by atoms with E-state index in [0.29, 0.717) is 11.5 Å². The molecule has 0 saturated carbocycles. The number of rotatable bonds is 4. The molecule has 0 atom stereocenters. The highest BCUT2D eigenvalue weighted by molar-refractivity contribution is 7.85. The van der Waals surface area contributed by atoms with Crippen LogP contribution in [0.15, 0.2) is 152 Å². The number of fused-ring (bicyclic) bond motifs is 6. The Bertz CT molecular complexity index is 2370. The molecule has 0 amide bonds. The Hall–Kier alpha value is -5.37. The molecule has 0 bridgehead atoms. The molecule has 0 spiro atoms. The first kappa shape index (κ1) is 27.9. The second kappa shape index (κ2) is 10.3. The smallest absolute Gasteiger partial charge is 0.171 e. The van der Waals surface area contributed by atoms with Gasteiger partial charge in [-0.05, 0) is 80.6 Å². The predicted molar refractivity (Wildman–Crippen MR) is 193 cm³/mol. The third-order valence-electron chi connectivity index (χ3n) is 9.79. The van der Waals surface area contributed by atoms with E-state index in [-0.39, 0.29) is 5.41 Å². The number of hydrogen-bond donors (Lipinski definition) is 0. The summed E-state index contributed by atoms with van der Waals surface area (Å²) in [5.41, 5.74) is 6.74. The van der Waals surface area contributed by atoms with E-state index in [1.807, 2.05) is 91.0 Å². The third-order valence-corrected chi connectivity index (χ3v) is 12.8. The van der Waals surface area contributed by atoms with E-state index in [2.05, 4.69) is 74.5 Å². The third kappa shape index (κ3) is 4.31. The lowest BCUT2D eigenvalue weighted by Crippen LogP contribution is -2.26. The standard InChI is InChI=1S/C43H31O3P/c1-43(2)37-23-30(31-18-22-39-40(26-31)46-42-25-29-12-10-9-11-28(29)24-41(42)45-39)17-20-35(37)36-21-19-34(27-38(36)43)47(44,32-13-5-3-6-14-32)33-15-7-4-8-16-33/h3-27H,1-2H3. The van der Waals surface area contributed by atoms with Crippen molar-refractivity contribution in [3.05, 3.63) is 163 Å². The van der Waals surface area contributed by atoms with Crippen molar-refractivity contribution in [2.24, 2.45) is 0 Å². The number of hydrogen-bond acceptors (Lipinski definition) is 3. The molecule has 0 aromatic heterocycles. The molecule has 0 fully saturated rings. The van der Waals surface area contributed by atoms with Crippen LogP contribution < -0.4 is 25.4 Å². The van der Waals surface area contributed by atoms with Gasteiger partial charge in [0.05, 0.1) is 0 Å². The van der Waals surface area contributed by atoms with Crippen LogP contribution in [-0.2, 0) is 9.98 Å². The molecular weight excluding hydrogens is 595 g/mol. The van der Waals surface area contributed by atoms with Gasteiger partial charge in [-0.25, -0.2) is 0 Å². The van der Waals surface area contributed by atoms with Gasteiger partial charge in [-0.1, -0.05) is 129 Å². The average Bonchev–Trinajstić information content (AvgIpc) is 3.35. The molecule has 7 aromatic carbocycles. The summed E-state index contributed by atoms with van der Waals surface area (Å²) in [7, 11) is -3.09. The topological polar surface area (TPSA) is 35.5 Å². The van der Waals surface area contributed by atoms with Crippen LogP contribution >= 0.6 is 7.14 Å². The minimum Gasteiger partial charge on any atom is -0.449 e. The van der Waals surface area contributed by atoms with E-state index >= 15 is 4.57 Å². The van der Waals surface area contributed by atoms with E-state index in [0.717, 1.165) is 49.3 Å². The summed E-state index contributed by atoms with van der Waals surface area (Å²) in [4.78, 5) is 0. The van der Waals surface area contributed by atoms with Gasteiger partial charge in [0.25, 0.3) is 0 Å².